The molecule has 1 amide bonds. The summed E-state index contributed by atoms with van der Waals surface area (Å²) in [5, 5.41) is 5.15. The Morgan fingerprint density at radius 3 is 2.66 bits per heavy atom. The molecule has 144 valence electrons. The maximum Gasteiger partial charge on any atom is 0.374 e. The van der Waals surface area contributed by atoms with Crippen molar-refractivity contribution in [2.45, 2.75) is 0 Å². The van der Waals surface area contributed by atoms with Gasteiger partial charge in [0, 0.05) is 17.0 Å². The van der Waals surface area contributed by atoms with Crippen LogP contribution in [0.25, 0.3) is 22.2 Å². The Morgan fingerprint density at radius 2 is 1.83 bits per heavy atom. The summed E-state index contributed by atoms with van der Waals surface area (Å²) in [7, 11) is 0. The fourth-order valence-corrected chi connectivity index (χ4v) is 3.37. The van der Waals surface area contributed by atoms with Gasteiger partial charge in [0.05, 0.1) is 11.1 Å². The normalized spacial score (nSPS) is 10.6. The monoisotopic (exact) mass is 406 g/mol. The van der Waals surface area contributed by atoms with Gasteiger partial charge in [-0.05, 0) is 12.1 Å². The highest BCUT2D eigenvalue weighted by molar-refractivity contribution is 7.14. The fourth-order valence-electron chi connectivity index (χ4n) is 2.63. The second-order valence-electron chi connectivity index (χ2n) is 6.00. The summed E-state index contributed by atoms with van der Waals surface area (Å²) >= 11 is 1.26. The lowest BCUT2D eigenvalue weighted by molar-refractivity contribution is -0.119. The van der Waals surface area contributed by atoms with Gasteiger partial charge in [-0.3, -0.25) is 14.9 Å². The number of aromatic nitrogens is 1. The first-order valence-corrected chi connectivity index (χ1v) is 9.49. The van der Waals surface area contributed by atoms with E-state index in [2.05, 4.69) is 10.3 Å². The van der Waals surface area contributed by atoms with E-state index in [1.54, 1.807) is 24.3 Å². The quantitative estimate of drug-likeness (QED) is 0.507. The summed E-state index contributed by atoms with van der Waals surface area (Å²) < 4.78 is 10.3. The van der Waals surface area contributed by atoms with Crippen LogP contribution in [-0.4, -0.2) is 23.5 Å². The Labute approximate surface area is 168 Å². The number of esters is 1. The molecule has 0 atom stereocenters. The molecule has 2 aromatic carbocycles. The van der Waals surface area contributed by atoms with Gasteiger partial charge in [-0.2, -0.15) is 0 Å². The van der Waals surface area contributed by atoms with Crippen molar-refractivity contribution in [3.63, 3.8) is 0 Å². The van der Waals surface area contributed by atoms with Crippen molar-refractivity contribution in [2.75, 3.05) is 11.9 Å². The second kappa shape index (κ2) is 8.07. The molecule has 0 saturated heterocycles. The van der Waals surface area contributed by atoms with Gasteiger partial charge >= 0.3 is 5.97 Å². The van der Waals surface area contributed by atoms with Gasteiger partial charge in [0.1, 0.15) is 5.58 Å². The number of benzene rings is 2. The molecule has 0 unspecified atom stereocenters. The van der Waals surface area contributed by atoms with Gasteiger partial charge < -0.3 is 9.15 Å². The number of carbonyl (C=O) groups is 2. The van der Waals surface area contributed by atoms with Crippen LogP contribution in [0.4, 0.5) is 5.13 Å². The van der Waals surface area contributed by atoms with Crippen LogP contribution in [0.1, 0.15) is 10.6 Å². The molecule has 29 heavy (non-hydrogen) atoms. The van der Waals surface area contributed by atoms with Crippen molar-refractivity contribution in [1.82, 2.24) is 4.98 Å². The van der Waals surface area contributed by atoms with Crippen LogP contribution in [0, 0.1) is 0 Å². The summed E-state index contributed by atoms with van der Waals surface area (Å²) in [6.45, 7) is -0.532. The second-order valence-corrected chi connectivity index (χ2v) is 6.86. The topological polar surface area (TPSA) is 98.5 Å². The van der Waals surface area contributed by atoms with Crippen LogP contribution in [0.3, 0.4) is 0 Å². The van der Waals surface area contributed by atoms with E-state index >= 15 is 0 Å². The maximum atomic E-state index is 12.1. The van der Waals surface area contributed by atoms with Crippen molar-refractivity contribution in [3.8, 4) is 11.3 Å². The van der Waals surface area contributed by atoms with Gasteiger partial charge in [0.25, 0.3) is 5.91 Å². The van der Waals surface area contributed by atoms with E-state index in [0.717, 1.165) is 17.3 Å². The predicted molar refractivity (Wildman–Crippen MR) is 109 cm³/mol. The van der Waals surface area contributed by atoms with E-state index in [4.69, 9.17) is 9.15 Å². The molecule has 8 heteroatoms. The highest BCUT2D eigenvalue weighted by atomic mass is 32.1. The molecule has 0 bridgehead atoms. The zero-order valence-corrected chi connectivity index (χ0v) is 15.8. The molecule has 0 aliphatic carbocycles. The Kier molecular flexibility index (Phi) is 5.17. The molecule has 0 aliphatic heterocycles. The minimum absolute atomic E-state index is 0.262. The summed E-state index contributed by atoms with van der Waals surface area (Å²) in [4.78, 5) is 40.6. The lowest BCUT2D eigenvalue weighted by Gasteiger charge is -2.05. The lowest BCUT2D eigenvalue weighted by Crippen LogP contribution is -2.21. The van der Waals surface area contributed by atoms with Crippen molar-refractivity contribution in [3.05, 3.63) is 82.0 Å². The van der Waals surface area contributed by atoms with E-state index in [1.165, 1.54) is 11.3 Å². The van der Waals surface area contributed by atoms with Crippen molar-refractivity contribution < 1.29 is 18.7 Å². The molecular formula is C21H14N2O5S. The number of hydrogen-bond acceptors (Lipinski definition) is 7. The first-order valence-electron chi connectivity index (χ1n) is 8.61. The number of rotatable bonds is 5. The lowest BCUT2D eigenvalue weighted by atomic mass is 10.2. The number of fused-ring (bicyclic) bond motifs is 1. The van der Waals surface area contributed by atoms with Crippen LogP contribution in [0.2, 0.25) is 0 Å². The van der Waals surface area contributed by atoms with Crippen LogP contribution in [-0.2, 0) is 9.53 Å². The van der Waals surface area contributed by atoms with Crippen LogP contribution in [0.15, 0.2) is 75.3 Å². The Balaban J connectivity index is 1.38. The maximum absolute atomic E-state index is 12.1. The molecule has 4 aromatic rings. The summed E-state index contributed by atoms with van der Waals surface area (Å²) in [5.74, 6) is -1.70. The van der Waals surface area contributed by atoms with E-state index in [0.29, 0.717) is 10.5 Å². The highest BCUT2D eigenvalue weighted by Crippen LogP contribution is 2.24. The predicted octanol–water partition coefficient (Wildman–Crippen LogP) is 3.71. The zero-order valence-electron chi connectivity index (χ0n) is 15.0. The van der Waals surface area contributed by atoms with E-state index in [-0.39, 0.29) is 16.8 Å². The van der Waals surface area contributed by atoms with Crippen LogP contribution >= 0.6 is 11.3 Å². The molecule has 0 saturated carbocycles. The summed E-state index contributed by atoms with van der Waals surface area (Å²) in [6, 6.07) is 17.2. The Morgan fingerprint density at radius 1 is 1.07 bits per heavy atom. The number of para-hydroxylation sites is 1. The van der Waals surface area contributed by atoms with Gasteiger partial charge in [-0.25, -0.2) is 9.78 Å². The molecule has 0 aliphatic rings. The number of amides is 1. The molecule has 2 aromatic heterocycles. The third-order valence-corrected chi connectivity index (χ3v) is 4.75. The Hall–Kier alpha value is -3.78. The van der Waals surface area contributed by atoms with Crippen molar-refractivity contribution in [1.29, 1.82) is 0 Å². The van der Waals surface area contributed by atoms with Crippen molar-refractivity contribution in [2.24, 2.45) is 0 Å². The highest BCUT2D eigenvalue weighted by Gasteiger charge is 2.16. The minimum Gasteiger partial charge on any atom is -0.450 e. The summed E-state index contributed by atoms with van der Waals surface area (Å²) in [6.07, 6.45) is 0. The number of anilines is 1. The standard InChI is InChI=1S/C21H14N2O5S/c24-16-10-18(28-17-9-5-4-8-14(16)17)20(26)27-11-19(25)23-21-22-15(12-29-21)13-6-2-1-3-7-13/h1-10,12H,11H2,(H,22,23,25). The number of nitrogens with one attached hydrogen (secondary N) is 1. The SMILES string of the molecule is O=C(COC(=O)c1cc(=O)c2ccccc2o1)Nc1nc(-c2ccccc2)cs1. The molecule has 0 spiro atoms. The number of hydrogen-bond donors (Lipinski definition) is 1. The van der Waals surface area contributed by atoms with Crippen LogP contribution < -0.4 is 10.7 Å². The molecule has 2 heterocycles. The molecule has 1 N–H and O–H groups in total. The van der Waals surface area contributed by atoms with Crippen LogP contribution in [0.5, 0.6) is 0 Å². The Bertz CT molecular complexity index is 1250. The third-order valence-electron chi connectivity index (χ3n) is 3.99. The number of carbonyl (C=O) groups excluding carboxylic acids is 2. The minimum atomic E-state index is -0.896. The number of ether oxygens (including phenoxy) is 1. The molecule has 0 fully saturated rings. The number of nitrogens with zero attached hydrogens (tertiary/aromatic N) is 1. The van der Waals surface area contributed by atoms with Crippen molar-refractivity contribution >= 4 is 39.3 Å². The van der Waals surface area contributed by atoms with E-state index in [9.17, 15) is 14.4 Å². The first-order chi connectivity index (χ1) is 14.1. The van der Waals surface area contributed by atoms with Gasteiger partial charge in [0.15, 0.2) is 17.2 Å². The van der Waals surface area contributed by atoms with E-state index in [1.807, 2.05) is 35.7 Å². The van der Waals surface area contributed by atoms with Gasteiger partial charge in [-0.1, -0.05) is 42.5 Å². The molecule has 4 rings (SSSR count). The zero-order chi connectivity index (χ0) is 20.2. The average molecular weight is 406 g/mol. The van der Waals surface area contributed by atoms with E-state index < -0.39 is 18.5 Å². The third kappa shape index (κ3) is 4.22. The first kappa shape index (κ1) is 18.6. The molecule has 0 radical (unpaired) electrons. The van der Waals surface area contributed by atoms with Gasteiger partial charge in [0.2, 0.25) is 5.76 Å². The fraction of sp³-hybridized carbons (Fsp3) is 0.0476. The molecular weight excluding hydrogens is 392 g/mol. The smallest absolute Gasteiger partial charge is 0.374 e. The summed E-state index contributed by atoms with van der Waals surface area (Å²) in [5.41, 5.74) is 1.58. The average Bonchev–Trinajstić information content (AvgIpc) is 3.21. The van der Waals surface area contributed by atoms with Gasteiger partial charge in [-0.15, -0.1) is 11.3 Å². The largest absolute Gasteiger partial charge is 0.450 e. The number of thiazole rings is 1. The molecule has 7 nitrogen and oxygen atoms in total.